The third-order valence-corrected chi connectivity index (χ3v) is 3.56. The van der Waals surface area contributed by atoms with E-state index >= 15 is 0 Å². The lowest BCUT2D eigenvalue weighted by Crippen LogP contribution is -2.23. The Hall–Kier alpha value is -2.94. The number of rotatable bonds is 6. The van der Waals surface area contributed by atoms with Crippen LogP contribution in [0.1, 0.15) is 41.5 Å². The lowest BCUT2D eigenvalue weighted by Gasteiger charge is -2.17. The fourth-order valence-electron chi connectivity index (χ4n) is 2.21. The van der Waals surface area contributed by atoms with Gasteiger partial charge in [-0.3, -0.25) is 4.79 Å². The Bertz CT molecular complexity index is 766. The quantitative estimate of drug-likeness (QED) is 0.883. The van der Waals surface area contributed by atoms with Crippen LogP contribution in [0.25, 0.3) is 0 Å². The molecule has 1 aromatic heterocycles. The number of unbranched alkanes of at least 4 members (excludes halogenated alkanes) is 1. The first-order valence-electron chi connectivity index (χ1n) is 7.92. The predicted molar refractivity (Wildman–Crippen MR) is 94.1 cm³/mol. The number of anilines is 2. The summed E-state index contributed by atoms with van der Waals surface area (Å²) in [5, 5.41) is 11.9. The van der Waals surface area contributed by atoms with Crippen LogP contribution in [0.5, 0.6) is 0 Å². The third kappa shape index (κ3) is 4.29. The molecule has 0 aliphatic heterocycles. The van der Waals surface area contributed by atoms with Crippen LogP contribution < -0.4 is 10.2 Å². The molecule has 0 saturated heterocycles. The maximum absolute atomic E-state index is 12.5. The van der Waals surface area contributed by atoms with Gasteiger partial charge in [-0.05, 0) is 31.5 Å². The first-order chi connectivity index (χ1) is 11.5. The lowest BCUT2D eigenvalue weighted by atomic mass is 10.2. The van der Waals surface area contributed by atoms with Crippen molar-refractivity contribution in [3.63, 3.8) is 0 Å². The average Bonchev–Trinajstić information content (AvgIpc) is 2.59. The lowest BCUT2D eigenvalue weighted by molar-refractivity contribution is 0.102. The van der Waals surface area contributed by atoms with Gasteiger partial charge in [0, 0.05) is 19.3 Å². The molecular formula is C18H21N5O. The van der Waals surface area contributed by atoms with E-state index in [0.29, 0.717) is 17.2 Å². The van der Waals surface area contributed by atoms with Gasteiger partial charge in [0.25, 0.3) is 5.91 Å². The van der Waals surface area contributed by atoms with Crippen molar-refractivity contribution in [3.8, 4) is 6.07 Å². The molecule has 0 unspecified atom stereocenters. The number of hydrogen-bond donors (Lipinski definition) is 1. The van der Waals surface area contributed by atoms with Crippen molar-refractivity contribution in [1.82, 2.24) is 9.97 Å². The maximum atomic E-state index is 12.5. The molecule has 1 aromatic carbocycles. The Morgan fingerprint density at radius 3 is 2.79 bits per heavy atom. The number of nitrogens with one attached hydrogen (secondary N) is 1. The number of aromatic nitrogens is 2. The molecule has 0 bridgehead atoms. The van der Waals surface area contributed by atoms with Crippen LogP contribution in [0.15, 0.2) is 30.3 Å². The smallest absolute Gasteiger partial charge is 0.274 e. The first kappa shape index (κ1) is 17.4. The van der Waals surface area contributed by atoms with Crippen LogP contribution >= 0.6 is 0 Å². The first-order valence-corrected chi connectivity index (χ1v) is 7.92. The summed E-state index contributed by atoms with van der Waals surface area (Å²) >= 11 is 0. The van der Waals surface area contributed by atoms with Crippen molar-refractivity contribution < 1.29 is 4.79 Å². The summed E-state index contributed by atoms with van der Waals surface area (Å²) in [6.45, 7) is 4.79. The van der Waals surface area contributed by atoms with Crippen molar-refractivity contribution in [2.24, 2.45) is 0 Å². The molecule has 1 heterocycles. The molecule has 0 aliphatic carbocycles. The van der Waals surface area contributed by atoms with Crippen LogP contribution in [0.3, 0.4) is 0 Å². The van der Waals surface area contributed by atoms with Gasteiger partial charge >= 0.3 is 0 Å². The number of amides is 1. The van der Waals surface area contributed by atoms with Crippen LogP contribution in [-0.4, -0.2) is 29.5 Å². The predicted octanol–water partition coefficient (Wildman–Crippen LogP) is 3.15. The molecular weight excluding hydrogens is 302 g/mol. The highest BCUT2D eigenvalue weighted by molar-refractivity contribution is 6.03. The Balaban J connectivity index is 2.23. The van der Waals surface area contributed by atoms with E-state index in [9.17, 15) is 4.79 Å². The highest BCUT2D eigenvalue weighted by atomic mass is 16.1. The van der Waals surface area contributed by atoms with Gasteiger partial charge in [0.2, 0.25) is 5.95 Å². The van der Waals surface area contributed by atoms with E-state index in [4.69, 9.17) is 5.26 Å². The monoisotopic (exact) mass is 323 g/mol. The van der Waals surface area contributed by atoms with Gasteiger partial charge in [0.15, 0.2) is 0 Å². The summed E-state index contributed by atoms with van der Waals surface area (Å²) in [7, 11) is 1.91. The van der Waals surface area contributed by atoms with Gasteiger partial charge in [-0.2, -0.15) is 5.26 Å². The molecule has 6 heteroatoms. The normalized spacial score (nSPS) is 10.1. The number of carbonyl (C=O) groups is 1. The molecule has 124 valence electrons. The molecule has 0 aliphatic rings. The largest absolute Gasteiger partial charge is 0.344 e. The molecule has 0 atom stereocenters. The fourth-order valence-corrected chi connectivity index (χ4v) is 2.21. The van der Waals surface area contributed by atoms with Crippen LogP contribution in [-0.2, 0) is 0 Å². The molecule has 0 radical (unpaired) electrons. The molecule has 2 rings (SSSR count). The minimum atomic E-state index is -0.353. The Morgan fingerprint density at radius 1 is 1.33 bits per heavy atom. The standard InChI is InChI=1S/C18H21N5O/c1-4-5-10-23(3)18-20-13(2)11-16(22-18)17(24)21-15-9-7-6-8-14(15)12-19/h6-9,11H,4-5,10H2,1-3H3,(H,21,24). The van der Waals surface area contributed by atoms with E-state index in [2.05, 4.69) is 28.3 Å². The molecule has 6 nitrogen and oxygen atoms in total. The average molecular weight is 323 g/mol. The van der Waals surface area contributed by atoms with Crippen LogP contribution in [0, 0.1) is 18.3 Å². The summed E-state index contributed by atoms with van der Waals surface area (Å²) in [4.78, 5) is 23.2. The number of aryl methyl sites for hydroxylation is 1. The zero-order valence-electron chi connectivity index (χ0n) is 14.2. The summed E-state index contributed by atoms with van der Waals surface area (Å²) < 4.78 is 0. The SMILES string of the molecule is CCCCN(C)c1nc(C)cc(C(=O)Nc2ccccc2C#N)n1. The number of hydrogen-bond acceptors (Lipinski definition) is 5. The van der Waals surface area contributed by atoms with Gasteiger partial charge in [-0.25, -0.2) is 9.97 Å². The topological polar surface area (TPSA) is 81.9 Å². The Labute approximate surface area is 142 Å². The van der Waals surface area contributed by atoms with Gasteiger partial charge < -0.3 is 10.2 Å². The molecule has 1 N–H and O–H groups in total. The van der Waals surface area contributed by atoms with Crippen LogP contribution in [0.4, 0.5) is 11.6 Å². The van der Waals surface area contributed by atoms with Gasteiger partial charge in [-0.1, -0.05) is 25.5 Å². The van der Waals surface area contributed by atoms with Crippen LogP contribution in [0.2, 0.25) is 0 Å². The fraction of sp³-hybridized carbons (Fsp3) is 0.333. The molecule has 0 spiro atoms. The van der Waals surface area contributed by atoms with Crippen molar-refractivity contribution in [2.75, 3.05) is 23.8 Å². The zero-order valence-corrected chi connectivity index (χ0v) is 14.2. The van der Waals surface area contributed by atoms with Crippen molar-refractivity contribution in [1.29, 1.82) is 5.26 Å². The highest BCUT2D eigenvalue weighted by Crippen LogP contribution is 2.16. The van der Waals surface area contributed by atoms with E-state index in [1.54, 1.807) is 30.3 Å². The number of para-hydroxylation sites is 1. The second-order valence-corrected chi connectivity index (χ2v) is 5.58. The van der Waals surface area contributed by atoms with Crippen molar-refractivity contribution in [2.45, 2.75) is 26.7 Å². The number of benzene rings is 1. The van der Waals surface area contributed by atoms with Crippen molar-refractivity contribution >= 4 is 17.5 Å². The molecule has 0 saturated carbocycles. The van der Waals surface area contributed by atoms with E-state index < -0.39 is 0 Å². The molecule has 0 fully saturated rings. The second kappa shape index (κ2) is 8.06. The Morgan fingerprint density at radius 2 is 2.08 bits per heavy atom. The minimum absolute atomic E-state index is 0.286. The van der Waals surface area contributed by atoms with E-state index in [1.165, 1.54) is 0 Å². The molecule has 1 amide bonds. The second-order valence-electron chi connectivity index (χ2n) is 5.58. The number of carbonyl (C=O) groups excluding carboxylic acids is 1. The van der Waals surface area contributed by atoms with E-state index in [-0.39, 0.29) is 11.6 Å². The summed E-state index contributed by atoms with van der Waals surface area (Å²) in [6.07, 6.45) is 2.11. The minimum Gasteiger partial charge on any atom is -0.344 e. The van der Waals surface area contributed by atoms with Crippen molar-refractivity contribution in [3.05, 3.63) is 47.3 Å². The highest BCUT2D eigenvalue weighted by Gasteiger charge is 2.14. The third-order valence-electron chi connectivity index (χ3n) is 3.56. The molecule has 24 heavy (non-hydrogen) atoms. The zero-order chi connectivity index (χ0) is 17.5. The van der Waals surface area contributed by atoms with Gasteiger partial charge in [0.05, 0.1) is 11.3 Å². The number of nitriles is 1. The number of nitrogens with zero attached hydrogens (tertiary/aromatic N) is 4. The van der Waals surface area contributed by atoms with Gasteiger partial charge in [-0.15, -0.1) is 0 Å². The maximum Gasteiger partial charge on any atom is 0.274 e. The summed E-state index contributed by atoms with van der Waals surface area (Å²) in [6, 6.07) is 10.6. The molecule has 2 aromatic rings. The summed E-state index contributed by atoms with van der Waals surface area (Å²) in [5.41, 5.74) is 1.90. The van der Waals surface area contributed by atoms with E-state index in [1.807, 2.05) is 18.9 Å². The van der Waals surface area contributed by atoms with E-state index in [0.717, 1.165) is 25.1 Å². The van der Waals surface area contributed by atoms with Gasteiger partial charge in [0.1, 0.15) is 11.8 Å². The summed E-state index contributed by atoms with van der Waals surface area (Å²) in [5.74, 6) is 0.176. The Kier molecular flexibility index (Phi) is 5.85.